The Kier molecular flexibility index (Phi) is 4.63. The van der Waals surface area contributed by atoms with Crippen molar-refractivity contribution in [2.75, 3.05) is 18.4 Å². The molecule has 0 radical (unpaired) electrons. The molecule has 2 aromatic carbocycles. The number of rotatable bonds is 3. The Morgan fingerprint density at radius 1 is 1.14 bits per heavy atom. The summed E-state index contributed by atoms with van der Waals surface area (Å²) < 4.78 is 5.77. The second-order valence-corrected chi connectivity index (χ2v) is 7.40. The molecule has 28 heavy (non-hydrogen) atoms. The number of likely N-dealkylation sites (tertiary alicyclic amines) is 1. The van der Waals surface area contributed by atoms with Gasteiger partial charge in [-0.25, -0.2) is 4.79 Å². The van der Waals surface area contributed by atoms with E-state index in [0.29, 0.717) is 24.3 Å². The number of piperidine rings is 1. The van der Waals surface area contributed by atoms with Crippen molar-refractivity contribution in [2.45, 2.75) is 31.8 Å². The molecule has 2 aromatic rings. The van der Waals surface area contributed by atoms with Gasteiger partial charge in [0.2, 0.25) is 11.8 Å². The highest BCUT2D eigenvalue weighted by Crippen LogP contribution is 2.42. The molecule has 1 saturated heterocycles. The highest BCUT2D eigenvalue weighted by atomic mass is 16.6. The highest BCUT2D eigenvalue weighted by molar-refractivity contribution is 5.95. The van der Waals surface area contributed by atoms with Crippen LogP contribution in [0.1, 0.15) is 41.3 Å². The van der Waals surface area contributed by atoms with Crippen molar-refractivity contribution in [3.8, 4) is 0 Å². The zero-order valence-corrected chi connectivity index (χ0v) is 15.7. The first-order valence-corrected chi connectivity index (χ1v) is 9.44. The Labute approximate surface area is 163 Å². The van der Waals surface area contributed by atoms with E-state index in [-0.39, 0.29) is 24.2 Å². The van der Waals surface area contributed by atoms with Crippen LogP contribution in [0.2, 0.25) is 0 Å². The number of hydrogen-bond donors (Lipinski definition) is 1. The number of carbonyl (C=O) groups is 3. The van der Waals surface area contributed by atoms with Crippen molar-refractivity contribution in [1.82, 2.24) is 4.90 Å². The van der Waals surface area contributed by atoms with E-state index in [1.165, 1.54) is 6.92 Å². The molecule has 2 amide bonds. The smallest absolute Gasteiger partial charge is 0.339 e. The van der Waals surface area contributed by atoms with Crippen LogP contribution in [0.3, 0.4) is 0 Å². The normalized spacial score (nSPS) is 20.6. The predicted octanol–water partition coefficient (Wildman–Crippen LogP) is 2.88. The molecule has 1 atom stereocenters. The summed E-state index contributed by atoms with van der Waals surface area (Å²) in [5, 5.41) is 2.71. The SMILES string of the molecule is CC(=O)Nc1ccc(CC(=O)N2CCCC3(C2)OC(=O)c2ccccc23)cc1. The van der Waals surface area contributed by atoms with Crippen LogP contribution in [-0.2, 0) is 26.3 Å². The van der Waals surface area contributed by atoms with Gasteiger partial charge in [0.15, 0.2) is 5.60 Å². The van der Waals surface area contributed by atoms with Crippen LogP contribution in [0.4, 0.5) is 5.69 Å². The number of benzene rings is 2. The van der Waals surface area contributed by atoms with E-state index in [4.69, 9.17) is 4.74 Å². The molecule has 6 nitrogen and oxygen atoms in total. The summed E-state index contributed by atoms with van der Waals surface area (Å²) in [6, 6.07) is 14.7. The molecule has 2 aliphatic rings. The summed E-state index contributed by atoms with van der Waals surface area (Å²) in [5.41, 5.74) is 2.34. The number of fused-ring (bicyclic) bond motifs is 2. The molecule has 0 bridgehead atoms. The lowest BCUT2D eigenvalue weighted by atomic mass is 9.85. The monoisotopic (exact) mass is 378 g/mol. The van der Waals surface area contributed by atoms with Crippen LogP contribution in [0.25, 0.3) is 0 Å². The summed E-state index contributed by atoms with van der Waals surface area (Å²) in [6.07, 6.45) is 1.78. The molecule has 0 saturated carbocycles. The lowest BCUT2D eigenvalue weighted by molar-refractivity contribution is -0.138. The topological polar surface area (TPSA) is 75.7 Å². The average Bonchev–Trinajstić information content (AvgIpc) is 2.95. The summed E-state index contributed by atoms with van der Waals surface area (Å²) >= 11 is 0. The number of hydrogen-bond acceptors (Lipinski definition) is 4. The number of anilines is 1. The molecule has 1 N–H and O–H groups in total. The van der Waals surface area contributed by atoms with Crippen molar-refractivity contribution in [2.24, 2.45) is 0 Å². The number of amides is 2. The zero-order valence-electron chi connectivity index (χ0n) is 15.7. The van der Waals surface area contributed by atoms with Gasteiger partial charge >= 0.3 is 5.97 Å². The number of nitrogens with one attached hydrogen (secondary N) is 1. The van der Waals surface area contributed by atoms with Gasteiger partial charge in [0, 0.05) is 24.7 Å². The van der Waals surface area contributed by atoms with E-state index in [9.17, 15) is 14.4 Å². The van der Waals surface area contributed by atoms with Crippen LogP contribution in [-0.4, -0.2) is 35.8 Å². The first-order valence-electron chi connectivity index (χ1n) is 9.44. The van der Waals surface area contributed by atoms with Gasteiger partial charge in [-0.15, -0.1) is 0 Å². The Balaban J connectivity index is 1.47. The molecule has 1 unspecified atom stereocenters. The maximum Gasteiger partial charge on any atom is 0.339 e. The molecule has 144 valence electrons. The van der Waals surface area contributed by atoms with Gasteiger partial charge in [0.1, 0.15) is 0 Å². The third-order valence-corrected chi connectivity index (χ3v) is 5.36. The Bertz CT molecular complexity index is 938. The minimum absolute atomic E-state index is 0.00628. The molecule has 1 spiro atoms. The van der Waals surface area contributed by atoms with Gasteiger partial charge in [0.25, 0.3) is 0 Å². The predicted molar refractivity (Wildman–Crippen MR) is 104 cm³/mol. The first kappa shape index (κ1) is 18.2. The van der Waals surface area contributed by atoms with Crippen molar-refractivity contribution in [1.29, 1.82) is 0 Å². The largest absolute Gasteiger partial charge is 0.449 e. The first-order chi connectivity index (χ1) is 13.5. The van der Waals surface area contributed by atoms with E-state index in [0.717, 1.165) is 24.0 Å². The highest BCUT2D eigenvalue weighted by Gasteiger charge is 2.48. The Morgan fingerprint density at radius 3 is 2.64 bits per heavy atom. The molecular formula is C22H22N2O4. The Hall–Kier alpha value is -3.15. The fourth-order valence-corrected chi connectivity index (χ4v) is 4.08. The third kappa shape index (κ3) is 3.38. The third-order valence-electron chi connectivity index (χ3n) is 5.36. The van der Waals surface area contributed by atoms with E-state index in [1.54, 1.807) is 23.1 Å². The van der Waals surface area contributed by atoms with Crippen LogP contribution < -0.4 is 5.32 Å². The van der Waals surface area contributed by atoms with Crippen molar-refractivity contribution < 1.29 is 19.1 Å². The van der Waals surface area contributed by atoms with Gasteiger partial charge in [-0.2, -0.15) is 0 Å². The second-order valence-electron chi connectivity index (χ2n) is 7.40. The van der Waals surface area contributed by atoms with Crippen molar-refractivity contribution >= 4 is 23.5 Å². The molecule has 1 fully saturated rings. The maximum absolute atomic E-state index is 12.9. The minimum atomic E-state index is -0.725. The quantitative estimate of drug-likeness (QED) is 0.834. The van der Waals surface area contributed by atoms with Crippen LogP contribution in [0.5, 0.6) is 0 Å². The van der Waals surface area contributed by atoms with Gasteiger partial charge < -0.3 is 15.0 Å². The summed E-state index contributed by atoms with van der Waals surface area (Å²) in [6.45, 7) is 2.50. The number of carbonyl (C=O) groups excluding carboxylic acids is 3. The van der Waals surface area contributed by atoms with E-state index >= 15 is 0 Å². The number of esters is 1. The molecule has 2 aliphatic heterocycles. The van der Waals surface area contributed by atoms with Gasteiger partial charge in [-0.1, -0.05) is 30.3 Å². The molecule has 0 aliphatic carbocycles. The van der Waals surface area contributed by atoms with E-state index < -0.39 is 5.60 Å². The summed E-state index contributed by atoms with van der Waals surface area (Å²) in [7, 11) is 0. The lowest BCUT2D eigenvalue weighted by Crippen LogP contribution is -2.49. The summed E-state index contributed by atoms with van der Waals surface area (Å²) in [4.78, 5) is 38.0. The van der Waals surface area contributed by atoms with E-state index in [2.05, 4.69) is 5.32 Å². The van der Waals surface area contributed by atoms with Gasteiger partial charge in [0.05, 0.1) is 18.5 Å². The van der Waals surface area contributed by atoms with Crippen molar-refractivity contribution in [3.05, 3.63) is 65.2 Å². The fraction of sp³-hybridized carbons (Fsp3) is 0.318. The Morgan fingerprint density at radius 2 is 1.89 bits per heavy atom. The molecule has 6 heteroatoms. The molecule has 4 rings (SSSR count). The van der Waals surface area contributed by atoms with Gasteiger partial charge in [-0.3, -0.25) is 9.59 Å². The molecule has 0 aromatic heterocycles. The lowest BCUT2D eigenvalue weighted by Gasteiger charge is -2.39. The minimum Gasteiger partial charge on any atom is -0.449 e. The van der Waals surface area contributed by atoms with Crippen LogP contribution in [0, 0.1) is 0 Å². The average molecular weight is 378 g/mol. The molecular weight excluding hydrogens is 356 g/mol. The van der Waals surface area contributed by atoms with Crippen LogP contribution >= 0.6 is 0 Å². The summed E-state index contributed by atoms with van der Waals surface area (Å²) in [5.74, 6) is -0.431. The fourth-order valence-electron chi connectivity index (χ4n) is 4.08. The van der Waals surface area contributed by atoms with Crippen molar-refractivity contribution in [3.63, 3.8) is 0 Å². The van der Waals surface area contributed by atoms with E-state index in [1.807, 2.05) is 30.3 Å². The van der Waals surface area contributed by atoms with Gasteiger partial charge in [-0.05, 0) is 36.6 Å². The maximum atomic E-state index is 12.9. The molecule has 2 heterocycles. The number of ether oxygens (including phenoxy) is 1. The number of nitrogens with zero attached hydrogens (tertiary/aromatic N) is 1. The zero-order chi connectivity index (χ0) is 19.7. The second kappa shape index (κ2) is 7.11. The standard InChI is InChI=1S/C22H22N2O4/c1-15(25)23-17-9-7-16(8-10-17)13-20(26)24-12-4-11-22(14-24)19-6-3-2-5-18(19)21(27)28-22/h2-3,5-10H,4,11-14H2,1H3,(H,23,25). The van der Waals surface area contributed by atoms with Crippen LogP contribution in [0.15, 0.2) is 48.5 Å².